The van der Waals surface area contributed by atoms with Crippen molar-refractivity contribution in [3.63, 3.8) is 0 Å². The summed E-state index contributed by atoms with van der Waals surface area (Å²) in [7, 11) is 0. The second kappa shape index (κ2) is 6.12. The highest BCUT2D eigenvalue weighted by Crippen LogP contribution is 2.26. The molecule has 0 aromatic rings. The van der Waals surface area contributed by atoms with Crippen LogP contribution in [0, 0.1) is 5.92 Å². The van der Waals surface area contributed by atoms with E-state index >= 15 is 0 Å². The summed E-state index contributed by atoms with van der Waals surface area (Å²) in [5, 5.41) is 2.95. The van der Waals surface area contributed by atoms with E-state index in [9.17, 15) is 9.59 Å². The molecule has 1 aliphatic carbocycles. The fourth-order valence-electron chi connectivity index (χ4n) is 3.06. The summed E-state index contributed by atoms with van der Waals surface area (Å²) >= 11 is 0. The summed E-state index contributed by atoms with van der Waals surface area (Å²) in [6.45, 7) is 4.78. The van der Waals surface area contributed by atoms with Gasteiger partial charge in [-0.2, -0.15) is 0 Å². The fraction of sp³-hybridized carbons (Fsp3) is 0.867. The third-order valence-corrected chi connectivity index (χ3v) is 4.37. The predicted octanol–water partition coefficient (Wildman–Crippen LogP) is 1.02. The van der Waals surface area contributed by atoms with Gasteiger partial charge in [0.1, 0.15) is 0 Å². The van der Waals surface area contributed by atoms with Crippen LogP contribution in [0.1, 0.15) is 52.4 Å². The third kappa shape index (κ3) is 3.72. The third-order valence-electron chi connectivity index (χ3n) is 4.37. The minimum absolute atomic E-state index is 0.0536. The molecule has 0 bridgehead atoms. The maximum absolute atomic E-state index is 12.4. The first-order valence-electron chi connectivity index (χ1n) is 7.76. The van der Waals surface area contributed by atoms with Crippen LogP contribution in [-0.2, 0) is 9.59 Å². The average molecular weight is 281 g/mol. The van der Waals surface area contributed by atoms with Crippen LogP contribution < -0.4 is 11.1 Å². The van der Waals surface area contributed by atoms with Crippen molar-refractivity contribution in [3.05, 3.63) is 0 Å². The highest BCUT2D eigenvalue weighted by atomic mass is 16.2. The highest BCUT2D eigenvalue weighted by molar-refractivity contribution is 5.85. The Morgan fingerprint density at radius 3 is 2.40 bits per heavy atom. The lowest BCUT2D eigenvalue weighted by Gasteiger charge is -2.26. The van der Waals surface area contributed by atoms with Crippen LogP contribution in [-0.4, -0.2) is 41.4 Å². The Balaban J connectivity index is 1.82. The van der Waals surface area contributed by atoms with Crippen LogP contribution >= 0.6 is 0 Å². The van der Waals surface area contributed by atoms with E-state index in [0.717, 1.165) is 25.8 Å². The molecule has 114 valence electrons. The Morgan fingerprint density at radius 2 is 1.80 bits per heavy atom. The van der Waals surface area contributed by atoms with E-state index < -0.39 is 5.54 Å². The molecule has 5 nitrogen and oxygen atoms in total. The molecule has 2 rings (SSSR count). The van der Waals surface area contributed by atoms with Crippen LogP contribution in [0.25, 0.3) is 0 Å². The summed E-state index contributed by atoms with van der Waals surface area (Å²) in [6.07, 6.45) is 6.50. The minimum atomic E-state index is -0.860. The second-order valence-corrected chi connectivity index (χ2v) is 6.80. The van der Waals surface area contributed by atoms with Crippen molar-refractivity contribution < 1.29 is 9.59 Å². The molecule has 0 radical (unpaired) electrons. The van der Waals surface area contributed by atoms with E-state index in [1.54, 1.807) is 13.8 Å². The molecule has 3 N–H and O–H groups in total. The summed E-state index contributed by atoms with van der Waals surface area (Å²) < 4.78 is 0. The van der Waals surface area contributed by atoms with Crippen LogP contribution in [0.5, 0.6) is 0 Å². The number of nitrogens with one attached hydrogen (secondary N) is 1. The molecule has 0 spiro atoms. The van der Waals surface area contributed by atoms with E-state index in [1.807, 2.05) is 4.90 Å². The van der Waals surface area contributed by atoms with Gasteiger partial charge in [-0.25, -0.2) is 0 Å². The molecule has 1 saturated carbocycles. The Labute approximate surface area is 121 Å². The number of amides is 2. The molecule has 0 aromatic heterocycles. The van der Waals surface area contributed by atoms with Crippen LogP contribution in [0.4, 0.5) is 0 Å². The van der Waals surface area contributed by atoms with Gasteiger partial charge in [0.15, 0.2) is 0 Å². The molecule has 2 fully saturated rings. The predicted molar refractivity (Wildman–Crippen MR) is 78.0 cm³/mol. The normalized spacial score (nSPS) is 24.8. The van der Waals surface area contributed by atoms with Crippen molar-refractivity contribution in [3.8, 4) is 0 Å². The zero-order valence-electron chi connectivity index (χ0n) is 12.7. The van der Waals surface area contributed by atoms with E-state index in [1.165, 1.54) is 19.3 Å². The van der Waals surface area contributed by atoms with Gasteiger partial charge in [0, 0.05) is 25.0 Å². The topological polar surface area (TPSA) is 75.4 Å². The van der Waals surface area contributed by atoms with Gasteiger partial charge >= 0.3 is 0 Å². The van der Waals surface area contributed by atoms with E-state index in [-0.39, 0.29) is 23.8 Å². The number of hydrogen-bond acceptors (Lipinski definition) is 3. The minimum Gasteiger partial charge on any atom is -0.350 e. The molecule has 2 aliphatic rings. The van der Waals surface area contributed by atoms with E-state index in [0.29, 0.717) is 6.54 Å². The summed E-state index contributed by atoms with van der Waals surface area (Å²) in [4.78, 5) is 26.2. The summed E-state index contributed by atoms with van der Waals surface area (Å²) in [6, 6.07) is 0.0536. The van der Waals surface area contributed by atoms with Crippen LogP contribution in [0.15, 0.2) is 0 Å². The lowest BCUT2D eigenvalue weighted by Crippen LogP contribution is -2.52. The Hall–Kier alpha value is -1.10. The lowest BCUT2D eigenvalue weighted by atomic mass is 9.88. The fourth-order valence-corrected chi connectivity index (χ4v) is 3.06. The molecule has 1 heterocycles. The Bertz CT molecular complexity index is 370. The van der Waals surface area contributed by atoms with Crippen molar-refractivity contribution in [2.24, 2.45) is 11.7 Å². The number of carbonyl (C=O) groups is 2. The van der Waals surface area contributed by atoms with Gasteiger partial charge in [-0.05, 0) is 33.1 Å². The van der Waals surface area contributed by atoms with Gasteiger partial charge < -0.3 is 16.0 Å². The lowest BCUT2D eigenvalue weighted by molar-refractivity contribution is -0.135. The number of likely N-dealkylation sites (tertiary alicyclic amines) is 1. The first-order chi connectivity index (χ1) is 9.38. The van der Waals surface area contributed by atoms with Crippen molar-refractivity contribution >= 4 is 11.8 Å². The van der Waals surface area contributed by atoms with Crippen molar-refractivity contribution in [2.45, 2.75) is 64.0 Å². The molecular weight excluding hydrogens is 254 g/mol. The smallest absolute Gasteiger partial charge is 0.239 e. The maximum Gasteiger partial charge on any atom is 0.239 e. The molecule has 1 aliphatic heterocycles. The first kappa shape index (κ1) is 15.3. The largest absolute Gasteiger partial charge is 0.350 e. The zero-order chi connectivity index (χ0) is 14.8. The van der Waals surface area contributed by atoms with Gasteiger partial charge in [-0.3, -0.25) is 9.59 Å². The Kier molecular flexibility index (Phi) is 4.68. The standard InChI is InChI=1S/C15H27N3O2/c1-15(2,16)14(20)17-12-8-9-18(10-12)13(19)11-6-4-3-5-7-11/h11-12H,3-10,16H2,1-2H3,(H,17,20). The molecular formula is C15H27N3O2. The van der Waals surface area contributed by atoms with E-state index in [4.69, 9.17) is 5.73 Å². The van der Waals surface area contributed by atoms with Crippen LogP contribution in [0.2, 0.25) is 0 Å². The number of carbonyl (C=O) groups excluding carboxylic acids is 2. The first-order valence-corrected chi connectivity index (χ1v) is 7.76. The highest BCUT2D eigenvalue weighted by Gasteiger charge is 2.33. The van der Waals surface area contributed by atoms with Gasteiger partial charge in [-0.1, -0.05) is 19.3 Å². The quantitative estimate of drug-likeness (QED) is 0.811. The van der Waals surface area contributed by atoms with Gasteiger partial charge in [-0.15, -0.1) is 0 Å². The average Bonchev–Trinajstić information content (AvgIpc) is 2.86. The molecule has 20 heavy (non-hydrogen) atoms. The van der Waals surface area contributed by atoms with Gasteiger partial charge in [0.25, 0.3) is 0 Å². The molecule has 1 saturated heterocycles. The van der Waals surface area contributed by atoms with Crippen molar-refractivity contribution in [2.75, 3.05) is 13.1 Å². The van der Waals surface area contributed by atoms with Gasteiger partial charge in [0.05, 0.1) is 5.54 Å². The monoisotopic (exact) mass is 281 g/mol. The number of nitrogens with two attached hydrogens (primary N) is 1. The molecule has 1 atom stereocenters. The van der Waals surface area contributed by atoms with Gasteiger partial charge in [0.2, 0.25) is 11.8 Å². The number of hydrogen-bond donors (Lipinski definition) is 2. The molecule has 1 unspecified atom stereocenters. The van der Waals surface area contributed by atoms with Crippen molar-refractivity contribution in [1.82, 2.24) is 10.2 Å². The number of rotatable bonds is 3. The zero-order valence-corrected chi connectivity index (χ0v) is 12.7. The Morgan fingerprint density at radius 1 is 1.15 bits per heavy atom. The van der Waals surface area contributed by atoms with Crippen molar-refractivity contribution in [1.29, 1.82) is 0 Å². The maximum atomic E-state index is 12.4. The van der Waals surface area contributed by atoms with Crippen LogP contribution in [0.3, 0.4) is 0 Å². The summed E-state index contributed by atoms with van der Waals surface area (Å²) in [5.41, 5.74) is 4.92. The molecule has 2 amide bonds. The van der Waals surface area contributed by atoms with E-state index in [2.05, 4.69) is 5.32 Å². The molecule has 0 aromatic carbocycles. The second-order valence-electron chi connectivity index (χ2n) is 6.80. The number of nitrogens with zero attached hydrogens (tertiary/aromatic N) is 1. The molecule has 5 heteroatoms. The SMILES string of the molecule is CC(C)(N)C(=O)NC1CCN(C(=O)C2CCCCC2)C1. The summed E-state index contributed by atoms with van der Waals surface area (Å²) in [5.74, 6) is 0.354.